The molecule has 1 fully saturated rings. The molecular weight excluding hydrogens is 318 g/mol. The van der Waals surface area contributed by atoms with Gasteiger partial charge in [0.25, 0.3) is 0 Å². The molecule has 0 unspecified atom stereocenters. The topological polar surface area (TPSA) is 55.8 Å². The standard InChI is InChI=1S/C20H21NO4/c1-24-18-6-3-2-5-17(18)14-25-20(23)16-10-8-15(9-11-16)13-21-12-4-7-19(21)22/h2-3,5-6,8-11H,4,7,12-14H2,1H3. The Morgan fingerprint density at radius 1 is 1.12 bits per heavy atom. The fraction of sp³-hybridized carbons (Fsp3) is 0.300. The smallest absolute Gasteiger partial charge is 0.338 e. The van der Waals surface area contributed by atoms with Crippen molar-refractivity contribution in [2.75, 3.05) is 13.7 Å². The van der Waals surface area contributed by atoms with Gasteiger partial charge in [-0.15, -0.1) is 0 Å². The molecule has 25 heavy (non-hydrogen) atoms. The van der Waals surface area contributed by atoms with E-state index in [2.05, 4.69) is 0 Å². The number of hydrogen-bond acceptors (Lipinski definition) is 4. The number of rotatable bonds is 6. The first-order valence-corrected chi connectivity index (χ1v) is 8.33. The molecule has 1 heterocycles. The van der Waals surface area contributed by atoms with Crippen molar-refractivity contribution in [2.45, 2.75) is 26.0 Å². The van der Waals surface area contributed by atoms with Crippen LogP contribution in [0.3, 0.4) is 0 Å². The lowest BCUT2D eigenvalue weighted by Gasteiger charge is -2.15. The van der Waals surface area contributed by atoms with Gasteiger partial charge in [0.2, 0.25) is 5.91 Å². The quantitative estimate of drug-likeness (QED) is 0.759. The van der Waals surface area contributed by atoms with Crippen molar-refractivity contribution >= 4 is 11.9 Å². The van der Waals surface area contributed by atoms with Gasteiger partial charge in [-0.3, -0.25) is 4.79 Å². The van der Waals surface area contributed by atoms with Crippen molar-refractivity contribution in [3.05, 3.63) is 65.2 Å². The molecule has 130 valence electrons. The van der Waals surface area contributed by atoms with Crippen LogP contribution in [0.5, 0.6) is 5.75 Å². The van der Waals surface area contributed by atoms with Crippen LogP contribution in [0.25, 0.3) is 0 Å². The maximum atomic E-state index is 12.2. The molecule has 0 N–H and O–H groups in total. The van der Waals surface area contributed by atoms with Gasteiger partial charge >= 0.3 is 5.97 Å². The molecule has 0 atom stereocenters. The summed E-state index contributed by atoms with van der Waals surface area (Å²) in [6, 6.07) is 14.6. The number of nitrogens with zero attached hydrogens (tertiary/aromatic N) is 1. The summed E-state index contributed by atoms with van der Waals surface area (Å²) in [6.45, 7) is 1.56. The van der Waals surface area contributed by atoms with E-state index in [1.807, 2.05) is 41.3 Å². The van der Waals surface area contributed by atoms with Gasteiger partial charge in [0.05, 0.1) is 12.7 Å². The number of hydrogen-bond donors (Lipinski definition) is 0. The summed E-state index contributed by atoms with van der Waals surface area (Å²) >= 11 is 0. The van der Waals surface area contributed by atoms with Crippen LogP contribution >= 0.6 is 0 Å². The third-order valence-electron chi connectivity index (χ3n) is 4.29. The largest absolute Gasteiger partial charge is 0.496 e. The number of carbonyl (C=O) groups excluding carboxylic acids is 2. The Balaban J connectivity index is 1.58. The van der Waals surface area contributed by atoms with Crippen molar-refractivity contribution in [3.8, 4) is 5.75 Å². The molecule has 1 aliphatic heterocycles. The van der Waals surface area contributed by atoms with Gasteiger partial charge in [0.15, 0.2) is 0 Å². The normalized spacial score (nSPS) is 13.8. The van der Waals surface area contributed by atoms with Gasteiger partial charge in [-0.1, -0.05) is 30.3 Å². The Morgan fingerprint density at radius 2 is 1.88 bits per heavy atom. The van der Waals surface area contributed by atoms with E-state index in [9.17, 15) is 9.59 Å². The Kier molecular flexibility index (Phi) is 5.33. The molecule has 3 rings (SSSR count). The molecule has 1 amide bonds. The highest BCUT2D eigenvalue weighted by Crippen LogP contribution is 2.19. The van der Waals surface area contributed by atoms with E-state index in [0.717, 1.165) is 24.1 Å². The lowest BCUT2D eigenvalue weighted by molar-refractivity contribution is -0.128. The molecule has 1 aliphatic rings. The number of amides is 1. The van der Waals surface area contributed by atoms with Crippen LogP contribution in [0.15, 0.2) is 48.5 Å². The minimum atomic E-state index is -0.380. The molecule has 0 aliphatic carbocycles. The number of para-hydroxylation sites is 1. The highest BCUT2D eigenvalue weighted by atomic mass is 16.5. The van der Waals surface area contributed by atoms with E-state index in [4.69, 9.17) is 9.47 Å². The summed E-state index contributed by atoms with van der Waals surface area (Å²) in [5.41, 5.74) is 2.32. The minimum absolute atomic E-state index is 0.160. The zero-order valence-corrected chi connectivity index (χ0v) is 14.2. The third-order valence-corrected chi connectivity index (χ3v) is 4.29. The second-order valence-corrected chi connectivity index (χ2v) is 6.00. The van der Waals surface area contributed by atoms with E-state index in [0.29, 0.717) is 24.3 Å². The lowest BCUT2D eigenvalue weighted by atomic mass is 10.1. The van der Waals surface area contributed by atoms with E-state index in [1.165, 1.54) is 0 Å². The first-order valence-electron chi connectivity index (χ1n) is 8.33. The highest BCUT2D eigenvalue weighted by molar-refractivity contribution is 5.89. The molecule has 2 aromatic rings. The predicted molar refractivity (Wildman–Crippen MR) is 93.2 cm³/mol. The maximum absolute atomic E-state index is 12.2. The number of ether oxygens (including phenoxy) is 2. The third kappa shape index (κ3) is 4.18. The van der Waals surface area contributed by atoms with Gasteiger partial charge < -0.3 is 14.4 Å². The molecule has 0 bridgehead atoms. The van der Waals surface area contributed by atoms with E-state index >= 15 is 0 Å². The molecule has 0 saturated carbocycles. The van der Waals surface area contributed by atoms with Crippen molar-refractivity contribution in [1.29, 1.82) is 0 Å². The van der Waals surface area contributed by atoms with Gasteiger partial charge in [0.1, 0.15) is 12.4 Å². The van der Waals surface area contributed by atoms with E-state index in [1.54, 1.807) is 19.2 Å². The van der Waals surface area contributed by atoms with Crippen molar-refractivity contribution < 1.29 is 19.1 Å². The molecule has 5 heteroatoms. The summed E-state index contributed by atoms with van der Waals surface area (Å²) in [5, 5.41) is 0. The molecule has 5 nitrogen and oxygen atoms in total. The van der Waals surface area contributed by atoms with Crippen LogP contribution in [0.4, 0.5) is 0 Å². The maximum Gasteiger partial charge on any atom is 0.338 e. The summed E-state index contributed by atoms with van der Waals surface area (Å²) in [5.74, 6) is 0.510. The highest BCUT2D eigenvalue weighted by Gasteiger charge is 2.20. The SMILES string of the molecule is COc1ccccc1COC(=O)c1ccc(CN2CCCC2=O)cc1. The van der Waals surface area contributed by atoms with E-state index < -0.39 is 0 Å². The fourth-order valence-corrected chi connectivity index (χ4v) is 2.89. The molecular formula is C20H21NO4. The zero-order valence-electron chi connectivity index (χ0n) is 14.2. The Labute approximate surface area is 147 Å². The predicted octanol–water partition coefficient (Wildman–Crippen LogP) is 3.17. The van der Waals surface area contributed by atoms with Gasteiger partial charge in [-0.05, 0) is 30.2 Å². The van der Waals surface area contributed by atoms with Gasteiger partial charge in [-0.2, -0.15) is 0 Å². The number of carbonyl (C=O) groups is 2. The lowest BCUT2D eigenvalue weighted by Crippen LogP contribution is -2.23. The number of likely N-dealkylation sites (tertiary alicyclic amines) is 1. The Bertz CT molecular complexity index is 755. The number of methoxy groups -OCH3 is 1. The summed E-state index contributed by atoms with van der Waals surface area (Å²) in [4.78, 5) is 25.7. The Morgan fingerprint density at radius 3 is 2.56 bits per heavy atom. The van der Waals surface area contributed by atoms with Gasteiger partial charge in [-0.25, -0.2) is 4.79 Å². The second kappa shape index (κ2) is 7.83. The molecule has 2 aromatic carbocycles. The monoisotopic (exact) mass is 339 g/mol. The van der Waals surface area contributed by atoms with Crippen LogP contribution in [0.1, 0.15) is 34.3 Å². The van der Waals surface area contributed by atoms with Gasteiger partial charge in [0, 0.05) is 25.1 Å². The molecule has 1 saturated heterocycles. The molecule has 0 spiro atoms. The molecule has 0 radical (unpaired) electrons. The Hall–Kier alpha value is -2.82. The average molecular weight is 339 g/mol. The van der Waals surface area contributed by atoms with Crippen LogP contribution in [0.2, 0.25) is 0 Å². The first kappa shape index (κ1) is 17.0. The van der Waals surface area contributed by atoms with Crippen LogP contribution < -0.4 is 4.74 Å². The van der Waals surface area contributed by atoms with Crippen LogP contribution in [-0.2, 0) is 22.7 Å². The second-order valence-electron chi connectivity index (χ2n) is 6.00. The summed E-state index contributed by atoms with van der Waals surface area (Å²) in [6.07, 6.45) is 1.56. The van der Waals surface area contributed by atoms with Crippen LogP contribution in [-0.4, -0.2) is 30.4 Å². The molecule has 0 aromatic heterocycles. The van der Waals surface area contributed by atoms with Crippen molar-refractivity contribution in [2.24, 2.45) is 0 Å². The van der Waals surface area contributed by atoms with Crippen molar-refractivity contribution in [3.63, 3.8) is 0 Å². The minimum Gasteiger partial charge on any atom is -0.496 e. The van der Waals surface area contributed by atoms with E-state index in [-0.39, 0.29) is 18.5 Å². The zero-order chi connectivity index (χ0) is 17.6. The number of esters is 1. The number of benzene rings is 2. The van der Waals surface area contributed by atoms with Crippen molar-refractivity contribution in [1.82, 2.24) is 4.90 Å². The average Bonchev–Trinajstić information content (AvgIpc) is 3.05. The summed E-state index contributed by atoms with van der Waals surface area (Å²) < 4.78 is 10.6. The fourth-order valence-electron chi connectivity index (χ4n) is 2.89. The summed E-state index contributed by atoms with van der Waals surface area (Å²) in [7, 11) is 1.59. The first-order chi connectivity index (χ1) is 12.2. The van der Waals surface area contributed by atoms with Crippen LogP contribution in [0, 0.1) is 0 Å².